The highest BCUT2D eigenvalue weighted by Crippen LogP contribution is 2.26. The van der Waals surface area contributed by atoms with Crippen LogP contribution in [-0.4, -0.2) is 35.3 Å². The highest BCUT2D eigenvalue weighted by molar-refractivity contribution is 6.22. The van der Waals surface area contributed by atoms with Gasteiger partial charge in [-0.1, -0.05) is 31.4 Å². The molecule has 0 spiro atoms. The summed E-state index contributed by atoms with van der Waals surface area (Å²) in [5.74, 6) is -0.951. The first-order valence-electron chi connectivity index (χ1n) is 8.23. The molecule has 0 unspecified atom stereocenters. The number of hydrogen-bond donors (Lipinski definition) is 0. The van der Waals surface area contributed by atoms with E-state index < -0.39 is 23.8 Å². The molecule has 2 amide bonds. The number of imide groups is 1. The molecule has 0 aromatic heterocycles. The molecular weight excluding hydrogens is 294 g/mol. The van der Waals surface area contributed by atoms with Crippen molar-refractivity contribution in [3.8, 4) is 0 Å². The van der Waals surface area contributed by atoms with Crippen molar-refractivity contribution >= 4 is 17.8 Å². The SMILES string of the molecule is C[C@H](C(=O)OCC1CCCCC1)N1C(=O)c2ccccc2C1=O. The Hall–Kier alpha value is -2.17. The third-order valence-corrected chi connectivity index (χ3v) is 4.74. The molecule has 1 atom stereocenters. The fraction of sp³-hybridized carbons (Fsp3) is 0.500. The molecule has 1 aromatic carbocycles. The number of carbonyl (C=O) groups is 3. The summed E-state index contributed by atoms with van der Waals surface area (Å²) in [5.41, 5.74) is 0.703. The number of hydrogen-bond acceptors (Lipinski definition) is 4. The van der Waals surface area contributed by atoms with Crippen LogP contribution >= 0.6 is 0 Å². The maximum absolute atomic E-state index is 12.4. The second-order valence-electron chi connectivity index (χ2n) is 6.34. The summed E-state index contributed by atoms with van der Waals surface area (Å²) in [6.07, 6.45) is 5.76. The minimum absolute atomic E-state index is 0.351. The molecule has 1 fully saturated rings. The van der Waals surface area contributed by atoms with Crippen LogP contribution in [0, 0.1) is 5.92 Å². The van der Waals surface area contributed by atoms with Gasteiger partial charge < -0.3 is 4.74 Å². The number of carbonyl (C=O) groups excluding carboxylic acids is 3. The number of benzene rings is 1. The Balaban J connectivity index is 1.64. The van der Waals surface area contributed by atoms with Crippen molar-refractivity contribution in [2.24, 2.45) is 5.92 Å². The summed E-state index contributed by atoms with van der Waals surface area (Å²) < 4.78 is 5.37. The van der Waals surface area contributed by atoms with E-state index in [1.54, 1.807) is 31.2 Å². The molecule has 1 saturated carbocycles. The van der Waals surface area contributed by atoms with Crippen LogP contribution in [0.1, 0.15) is 59.7 Å². The Labute approximate surface area is 135 Å². The molecule has 0 N–H and O–H groups in total. The van der Waals surface area contributed by atoms with Gasteiger partial charge in [0.1, 0.15) is 6.04 Å². The first-order chi connectivity index (χ1) is 11.1. The minimum Gasteiger partial charge on any atom is -0.464 e. The Kier molecular flexibility index (Phi) is 4.46. The summed E-state index contributed by atoms with van der Waals surface area (Å²) in [5, 5.41) is 0. The molecule has 1 aromatic rings. The zero-order valence-corrected chi connectivity index (χ0v) is 13.3. The molecule has 5 nitrogen and oxygen atoms in total. The molecule has 0 saturated heterocycles. The summed E-state index contributed by atoms with van der Waals surface area (Å²) in [6.45, 7) is 1.93. The van der Waals surface area contributed by atoms with Gasteiger partial charge in [0.15, 0.2) is 0 Å². The van der Waals surface area contributed by atoms with Crippen LogP contribution in [0.5, 0.6) is 0 Å². The summed E-state index contributed by atoms with van der Waals surface area (Å²) in [4.78, 5) is 38.0. The van der Waals surface area contributed by atoms with Crippen LogP contribution in [0.25, 0.3) is 0 Å². The predicted molar refractivity (Wildman–Crippen MR) is 83.9 cm³/mol. The lowest BCUT2D eigenvalue weighted by molar-refractivity contribution is -0.149. The van der Waals surface area contributed by atoms with Gasteiger partial charge in [0.05, 0.1) is 17.7 Å². The molecule has 1 heterocycles. The van der Waals surface area contributed by atoms with Crippen LogP contribution < -0.4 is 0 Å². The van der Waals surface area contributed by atoms with Gasteiger partial charge in [-0.3, -0.25) is 14.5 Å². The fourth-order valence-corrected chi connectivity index (χ4v) is 3.34. The lowest BCUT2D eigenvalue weighted by Crippen LogP contribution is -2.44. The van der Waals surface area contributed by atoms with E-state index >= 15 is 0 Å². The highest BCUT2D eigenvalue weighted by atomic mass is 16.5. The standard InChI is InChI=1S/C18H21NO4/c1-12(18(22)23-11-13-7-3-2-4-8-13)19-16(20)14-9-5-6-10-15(14)17(19)21/h5-6,9-10,12-13H,2-4,7-8,11H2,1H3/t12-/m1/s1. The van der Waals surface area contributed by atoms with E-state index in [1.807, 2.05) is 0 Å². The maximum atomic E-state index is 12.4. The first-order valence-corrected chi connectivity index (χ1v) is 8.23. The Bertz CT molecular complexity index is 599. The highest BCUT2D eigenvalue weighted by Gasteiger charge is 2.41. The number of esters is 1. The lowest BCUT2D eigenvalue weighted by atomic mass is 9.90. The van der Waals surface area contributed by atoms with Gasteiger partial charge in [0.2, 0.25) is 0 Å². The molecule has 0 radical (unpaired) electrons. The van der Waals surface area contributed by atoms with Crippen molar-refractivity contribution in [1.82, 2.24) is 4.90 Å². The van der Waals surface area contributed by atoms with Crippen molar-refractivity contribution < 1.29 is 19.1 Å². The molecule has 5 heteroatoms. The number of fused-ring (bicyclic) bond motifs is 1. The third kappa shape index (κ3) is 3.00. The van der Waals surface area contributed by atoms with E-state index in [4.69, 9.17) is 4.74 Å². The monoisotopic (exact) mass is 315 g/mol. The Morgan fingerprint density at radius 2 is 1.70 bits per heavy atom. The van der Waals surface area contributed by atoms with Gasteiger partial charge in [-0.05, 0) is 37.8 Å². The van der Waals surface area contributed by atoms with Crippen molar-refractivity contribution in [3.63, 3.8) is 0 Å². The van der Waals surface area contributed by atoms with E-state index in [0.717, 1.165) is 17.7 Å². The molecule has 3 rings (SSSR count). The van der Waals surface area contributed by atoms with Crippen molar-refractivity contribution in [1.29, 1.82) is 0 Å². The molecule has 2 aliphatic rings. The van der Waals surface area contributed by atoms with Crippen molar-refractivity contribution in [2.45, 2.75) is 45.1 Å². The van der Waals surface area contributed by atoms with Crippen LogP contribution in [0.4, 0.5) is 0 Å². The van der Waals surface area contributed by atoms with Gasteiger partial charge in [-0.2, -0.15) is 0 Å². The molecular formula is C18H21NO4. The second-order valence-corrected chi connectivity index (χ2v) is 6.34. The van der Waals surface area contributed by atoms with Gasteiger partial charge in [0.25, 0.3) is 11.8 Å². The second kappa shape index (κ2) is 6.52. The first kappa shape index (κ1) is 15.7. The topological polar surface area (TPSA) is 63.7 Å². The normalized spacial score (nSPS) is 19.6. The van der Waals surface area contributed by atoms with Gasteiger partial charge in [-0.25, -0.2) is 4.79 Å². The van der Waals surface area contributed by atoms with E-state index in [0.29, 0.717) is 23.7 Å². The number of ether oxygens (including phenoxy) is 1. The van der Waals surface area contributed by atoms with E-state index in [2.05, 4.69) is 0 Å². The van der Waals surface area contributed by atoms with E-state index in [9.17, 15) is 14.4 Å². The van der Waals surface area contributed by atoms with Crippen molar-refractivity contribution in [3.05, 3.63) is 35.4 Å². The average molecular weight is 315 g/mol. The predicted octanol–water partition coefficient (Wildman–Crippen LogP) is 2.79. The summed E-state index contributed by atoms with van der Waals surface area (Å²) in [6, 6.07) is 5.73. The van der Waals surface area contributed by atoms with Gasteiger partial charge >= 0.3 is 5.97 Å². The van der Waals surface area contributed by atoms with E-state index in [-0.39, 0.29) is 0 Å². The molecule has 23 heavy (non-hydrogen) atoms. The van der Waals surface area contributed by atoms with Crippen LogP contribution in [0.15, 0.2) is 24.3 Å². The zero-order chi connectivity index (χ0) is 16.4. The van der Waals surface area contributed by atoms with Crippen LogP contribution in [0.2, 0.25) is 0 Å². The molecule has 122 valence electrons. The molecule has 1 aliphatic carbocycles. The average Bonchev–Trinajstić information content (AvgIpc) is 2.84. The van der Waals surface area contributed by atoms with Crippen molar-refractivity contribution in [2.75, 3.05) is 6.61 Å². The van der Waals surface area contributed by atoms with Crippen LogP contribution in [-0.2, 0) is 9.53 Å². The Morgan fingerprint density at radius 1 is 1.13 bits per heavy atom. The lowest BCUT2D eigenvalue weighted by Gasteiger charge is -2.24. The number of rotatable bonds is 4. The van der Waals surface area contributed by atoms with E-state index in [1.165, 1.54) is 19.3 Å². The smallest absolute Gasteiger partial charge is 0.329 e. The van der Waals surface area contributed by atoms with Crippen LogP contribution in [0.3, 0.4) is 0 Å². The number of nitrogens with zero attached hydrogens (tertiary/aromatic N) is 1. The summed E-state index contributed by atoms with van der Waals surface area (Å²) >= 11 is 0. The van der Waals surface area contributed by atoms with Gasteiger partial charge in [-0.15, -0.1) is 0 Å². The summed E-state index contributed by atoms with van der Waals surface area (Å²) in [7, 11) is 0. The van der Waals surface area contributed by atoms with Gasteiger partial charge in [0, 0.05) is 0 Å². The molecule has 1 aliphatic heterocycles. The largest absolute Gasteiger partial charge is 0.464 e. The number of amides is 2. The fourth-order valence-electron chi connectivity index (χ4n) is 3.34. The quantitative estimate of drug-likeness (QED) is 0.633. The minimum atomic E-state index is -0.897. The third-order valence-electron chi connectivity index (χ3n) is 4.74. The Morgan fingerprint density at radius 3 is 2.26 bits per heavy atom. The molecule has 0 bridgehead atoms. The zero-order valence-electron chi connectivity index (χ0n) is 13.3. The maximum Gasteiger partial charge on any atom is 0.329 e.